The van der Waals surface area contributed by atoms with Gasteiger partial charge in [0.05, 0.1) is 10.9 Å². The smallest absolute Gasteiger partial charge is 0.207 e. The molecule has 0 unspecified atom stereocenters. The van der Waals surface area contributed by atoms with Gasteiger partial charge < -0.3 is 0 Å². The third kappa shape index (κ3) is 3.91. The van der Waals surface area contributed by atoms with Crippen molar-refractivity contribution >= 4 is 31.6 Å². The molecule has 0 saturated carbocycles. The SMILES string of the molecule is Cc1ccc(S(=O)(=O)N[C@@H](c2ccc3ccccc3c2)c2cccc3ccccc23)cc1. The molecule has 0 saturated heterocycles. The highest BCUT2D eigenvalue weighted by atomic mass is 32.2. The first-order chi connectivity index (χ1) is 15.5. The van der Waals surface area contributed by atoms with Crippen molar-refractivity contribution in [1.29, 1.82) is 0 Å². The fourth-order valence-corrected chi connectivity index (χ4v) is 5.35. The van der Waals surface area contributed by atoms with E-state index >= 15 is 0 Å². The van der Waals surface area contributed by atoms with E-state index in [1.54, 1.807) is 12.1 Å². The van der Waals surface area contributed by atoms with Gasteiger partial charge in [0.1, 0.15) is 0 Å². The Kier molecular flexibility index (Phi) is 5.25. The van der Waals surface area contributed by atoms with E-state index in [-0.39, 0.29) is 4.90 Å². The van der Waals surface area contributed by atoms with Crippen LogP contribution in [0.15, 0.2) is 114 Å². The maximum absolute atomic E-state index is 13.4. The van der Waals surface area contributed by atoms with Gasteiger partial charge in [-0.2, -0.15) is 4.72 Å². The van der Waals surface area contributed by atoms with Gasteiger partial charge in [0.15, 0.2) is 0 Å². The lowest BCUT2D eigenvalue weighted by Crippen LogP contribution is -2.29. The summed E-state index contributed by atoms with van der Waals surface area (Å²) in [5, 5.41) is 4.30. The Morgan fingerprint density at radius 3 is 2.09 bits per heavy atom. The summed E-state index contributed by atoms with van der Waals surface area (Å²) in [7, 11) is -3.74. The number of hydrogen-bond donors (Lipinski definition) is 1. The Morgan fingerprint density at radius 1 is 0.656 bits per heavy atom. The molecule has 0 heterocycles. The van der Waals surface area contributed by atoms with Crippen molar-refractivity contribution in [3.05, 3.63) is 126 Å². The number of rotatable bonds is 5. The first-order valence-electron chi connectivity index (χ1n) is 10.6. The van der Waals surface area contributed by atoms with E-state index in [1.807, 2.05) is 91.9 Å². The van der Waals surface area contributed by atoms with Gasteiger partial charge in [0.2, 0.25) is 10.0 Å². The molecule has 0 spiro atoms. The van der Waals surface area contributed by atoms with Gasteiger partial charge in [-0.1, -0.05) is 96.6 Å². The van der Waals surface area contributed by atoms with Crippen molar-refractivity contribution in [3.8, 4) is 0 Å². The quantitative estimate of drug-likeness (QED) is 0.347. The molecule has 1 N–H and O–H groups in total. The van der Waals surface area contributed by atoms with E-state index < -0.39 is 16.1 Å². The summed E-state index contributed by atoms with van der Waals surface area (Å²) in [6.45, 7) is 1.94. The van der Waals surface area contributed by atoms with E-state index in [4.69, 9.17) is 0 Å². The zero-order valence-corrected chi connectivity index (χ0v) is 18.5. The van der Waals surface area contributed by atoms with Gasteiger partial charge in [-0.25, -0.2) is 8.42 Å². The fraction of sp³-hybridized carbons (Fsp3) is 0.0714. The summed E-state index contributed by atoms with van der Waals surface area (Å²) in [4.78, 5) is 0.258. The number of nitrogens with one attached hydrogen (secondary N) is 1. The number of benzene rings is 5. The second-order valence-corrected chi connectivity index (χ2v) is 9.76. The van der Waals surface area contributed by atoms with Crippen LogP contribution in [0.1, 0.15) is 22.7 Å². The summed E-state index contributed by atoms with van der Waals surface area (Å²) >= 11 is 0. The zero-order valence-electron chi connectivity index (χ0n) is 17.7. The van der Waals surface area contributed by atoms with Crippen LogP contribution in [0.4, 0.5) is 0 Å². The van der Waals surface area contributed by atoms with E-state index in [1.165, 1.54) is 0 Å². The monoisotopic (exact) mass is 437 g/mol. The number of aryl methyl sites for hydroxylation is 1. The molecule has 0 radical (unpaired) electrons. The van der Waals surface area contributed by atoms with Gasteiger partial charge >= 0.3 is 0 Å². The Bertz CT molecular complexity index is 1520. The summed E-state index contributed by atoms with van der Waals surface area (Å²) in [6.07, 6.45) is 0. The Balaban J connectivity index is 1.68. The number of fused-ring (bicyclic) bond motifs is 2. The van der Waals surface area contributed by atoms with Gasteiger partial charge in [0, 0.05) is 0 Å². The van der Waals surface area contributed by atoms with Crippen LogP contribution in [0, 0.1) is 6.92 Å². The van der Waals surface area contributed by atoms with Crippen LogP contribution >= 0.6 is 0 Å². The molecule has 158 valence electrons. The van der Waals surface area contributed by atoms with Crippen LogP contribution in [0.25, 0.3) is 21.5 Å². The molecule has 0 aliphatic rings. The van der Waals surface area contributed by atoms with Crippen molar-refractivity contribution in [2.75, 3.05) is 0 Å². The fourth-order valence-electron chi connectivity index (χ4n) is 4.14. The molecule has 1 atom stereocenters. The lowest BCUT2D eigenvalue weighted by atomic mass is 9.93. The van der Waals surface area contributed by atoms with Crippen LogP contribution < -0.4 is 4.72 Å². The first kappa shape index (κ1) is 20.4. The summed E-state index contributed by atoms with van der Waals surface area (Å²) in [6, 6.07) is 34.7. The predicted molar refractivity (Wildman–Crippen MR) is 131 cm³/mol. The molecule has 0 aliphatic carbocycles. The molecular formula is C28H23NO2S. The third-order valence-electron chi connectivity index (χ3n) is 5.85. The Morgan fingerprint density at radius 2 is 1.31 bits per heavy atom. The van der Waals surface area contributed by atoms with Crippen LogP contribution in [-0.4, -0.2) is 8.42 Å². The van der Waals surface area contributed by atoms with E-state index in [2.05, 4.69) is 16.9 Å². The standard InChI is InChI=1S/C28H23NO2S/c1-20-13-17-25(18-14-20)32(30,31)29-28(24-16-15-21-7-2-3-9-23(21)19-24)27-12-6-10-22-8-4-5-11-26(22)27/h2-19,28-29H,1H3/t28-/m0/s1. The highest BCUT2D eigenvalue weighted by Gasteiger charge is 2.24. The molecule has 32 heavy (non-hydrogen) atoms. The Labute approximate surface area is 188 Å². The molecule has 0 aromatic heterocycles. The van der Waals surface area contributed by atoms with E-state index in [0.717, 1.165) is 38.2 Å². The molecule has 0 bridgehead atoms. The molecule has 5 aromatic rings. The van der Waals surface area contributed by atoms with Crippen LogP contribution in [0.2, 0.25) is 0 Å². The lowest BCUT2D eigenvalue weighted by Gasteiger charge is -2.22. The lowest BCUT2D eigenvalue weighted by molar-refractivity contribution is 0.572. The third-order valence-corrected chi connectivity index (χ3v) is 7.28. The average molecular weight is 438 g/mol. The van der Waals surface area contributed by atoms with Gasteiger partial charge in [-0.15, -0.1) is 0 Å². The highest BCUT2D eigenvalue weighted by Crippen LogP contribution is 2.32. The van der Waals surface area contributed by atoms with Crippen molar-refractivity contribution in [3.63, 3.8) is 0 Å². The molecule has 0 amide bonds. The molecule has 5 rings (SSSR count). The average Bonchev–Trinajstić information content (AvgIpc) is 2.82. The minimum Gasteiger partial charge on any atom is -0.207 e. The zero-order chi connectivity index (χ0) is 22.1. The summed E-state index contributed by atoms with van der Waals surface area (Å²) in [5.74, 6) is 0. The van der Waals surface area contributed by atoms with Gasteiger partial charge in [-0.05, 0) is 57.8 Å². The van der Waals surface area contributed by atoms with Crippen molar-refractivity contribution in [2.45, 2.75) is 17.9 Å². The highest BCUT2D eigenvalue weighted by molar-refractivity contribution is 7.89. The molecular weight excluding hydrogens is 414 g/mol. The molecule has 3 nitrogen and oxygen atoms in total. The molecule has 0 aliphatic heterocycles. The normalized spacial score (nSPS) is 12.8. The van der Waals surface area contributed by atoms with Crippen LogP contribution in [0.3, 0.4) is 0 Å². The number of hydrogen-bond acceptors (Lipinski definition) is 2. The second-order valence-electron chi connectivity index (χ2n) is 8.04. The molecule has 4 heteroatoms. The summed E-state index contributed by atoms with van der Waals surface area (Å²) in [5.41, 5.74) is 2.84. The van der Waals surface area contributed by atoms with Crippen LogP contribution in [0.5, 0.6) is 0 Å². The minimum atomic E-state index is -3.74. The molecule has 0 fully saturated rings. The molecule has 5 aromatic carbocycles. The van der Waals surface area contributed by atoms with E-state index in [0.29, 0.717) is 0 Å². The largest absolute Gasteiger partial charge is 0.241 e. The topological polar surface area (TPSA) is 46.2 Å². The van der Waals surface area contributed by atoms with Crippen LogP contribution in [-0.2, 0) is 10.0 Å². The number of sulfonamides is 1. The Hall–Kier alpha value is -3.47. The maximum Gasteiger partial charge on any atom is 0.241 e. The maximum atomic E-state index is 13.4. The summed E-state index contributed by atoms with van der Waals surface area (Å²) < 4.78 is 29.8. The van der Waals surface area contributed by atoms with Gasteiger partial charge in [0.25, 0.3) is 0 Å². The van der Waals surface area contributed by atoms with Crippen molar-refractivity contribution in [1.82, 2.24) is 4.72 Å². The van der Waals surface area contributed by atoms with Crippen molar-refractivity contribution < 1.29 is 8.42 Å². The minimum absolute atomic E-state index is 0.258. The first-order valence-corrected chi connectivity index (χ1v) is 12.0. The van der Waals surface area contributed by atoms with E-state index in [9.17, 15) is 8.42 Å². The van der Waals surface area contributed by atoms with Crippen molar-refractivity contribution in [2.24, 2.45) is 0 Å². The predicted octanol–water partition coefficient (Wildman–Crippen LogP) is 6.37. The second kappa shape index (κ2) is 8.23. The van der Waals surface area contributed by atoms with Gasteiger partial charge in [-0.3, -0.25) is 0 Å².